The summed E-state index contributed by atoms with van der Waals surface area (Å²) in [5.74, 6) is 0. The molecule has 0 spiro atoms. The minimum Gasteiger partial charge on any atom is -0.444 e. The lowest BCUT2D eigenvalue weighted by atomic mass is 10.00. The second kappa shape index (κ2) is 21.1. The highest BCUT2D eigenvalue weighted by atomic mass is 32.1. The number of nitrogens with zero attached hydrogens (tertiary/aromatic N) is 7. The number of amides is 3. The van der Waals surface area contributed by atoms with Crippen molar-refractivity contribution < 1.29 is 28.6 Å². The van der Waals surface area contributed by atoms with E-state index < -0.39 is 35.1 Å². The predicted molar refractivity (Wildman–Crippen MR) is 242 cm³/mol. The number of ether oxygens (including phenoxy) is 3. The number of para-hydroxylation sites is 1. The molecule has 328 valence electrons. The van der Waals surface area contributed by atoms with Crippen molar-refractivity contribution in [3.8, 4) is 0 Å². The predicted octanol–water partition coefficient (Wildman–Crippen LogP) is 9.52. The van der Waals surface area contributed by atoms with Gasteiger partial charge in [0.15, 0.2) is 0 Å². The number of aromatic nitrogens is 1. The minimum atomic E-state index is -0.726. The molecule has 0 unspecified atom stereocenters. The first-order chi connectivity index (χ1) is 28.2. The van der Waals surface area contributed by atoms with Crippen molar-refractivity contribution in [1.29, 1.82) is 0 Å². The summed E-state index contributed by atoms with van der Waals surface area (Å²) in [6, 6.07) is 14.4. The van der Waals surface area contributed by atoms with Crippen LogP contribution in [0.3, 0.4) is 0 Å². The molecular formula is C46H67N7O6S. The SMILES string of the molecule is [C-]#[N+]/C(=C\c1ccc(N(CC)CC)cc1CCCN1CCN(C(=O)OC(C)(C)C)CCN(C(=O)OC(C)(C)C)CCN(C(=O)OC(C)(C)C)CC1)c1nc2ccccc2s1. The molecule has 1 aliphatic heterocycles. The van der Waals surface area contributed by atoms with E-state index in [4.69, 9.17) is 25.8 Å². The van der Waals surface area contributed by atoms with Crippen molar-refractivity contribution in [1.82, 2.24) is 24.6 Å². The van der Waals surface area contributed by atoms with Crippen molar-refractivity contribution >= 4 is 57.3 Å². The summed E-state index contributed by atoms with van der Waals surface area (Å²) in [6.07, 6.45) is 2.05. The van der Waals surface area contributed by atoms with E-state index in [1.807, 2.05) is 92.7 Å². The fraction of sp³-hybridized carbons (Fsp3) is 0.587. The van der Waals surface area contributed by atoms with Crippen LogP contribution < -0.4 is 4.90 Å². The van der Waals surface area contributed by atoms with Gasteiger partial charge in [-0.2, -0.15) is 0 Å². The van der Waals surface area contributed by atoms with Crippen LogP contribution >= 0.6 is 11.3 Å². The van der Waals surface area contributed by atoms with Gasteiger partial charge in [-0.25, -0.2) is 24.2 Å². The van der Waals surface area contributed by atoms with Crippen LogP contribution in [-0.4, -0.2) is 132 Å². The first-order valence-electron chi connectivity index (χ1n) is 21.2. The fourth-order valence-corrected chi connectivity index (χ4v) is 7.63. The quantitative estimate of drug-likeness (QED) is 0.154. The van der Waals surface area contributed by atoms with E-state index in [1.165, 1.54) is 11.3 Å². The van der Waals surface area contributed by atoms with E-state index in [9.17, 15) is 14.4 Å². The summed E-state index contributed by atoms with van der Waals surface area (Å²) in [5.41, 5.74) is 2.49. The lowest BCUT2D eigenvalue weighted by Crippen LogP contribution is -2.51. The van der Waals surface area contributed by atoms with Crippen LogP contribution in [0.5, 0.6) is 0 Å². The summed E-state index contributed by atoms with van der Waals surface area (Å²) in [5, 5.41) is 0.697. The summed E-state index contributed by atoms with van der Waals surface area (Å²) in [4.78, 5) is 58.8. The van der Waals surface area contributed by atoms with Crippen molar-refractivity contribution in [2.45, 2.75) is 106 Å². The van der Waals surface area contributed by atoms with Crippen LogP contribution in [0.2, 0.25) is 0 Å². The molecule has 1 saturated heterocycles. The maximum atomic E-state index is 13.6. The Balaban J connectivity index is 1.63. The number of hydrogen-bond acceptors (Lipinski definition) is 10. The molecule has 0 atom stereocenters. The van der Waals surface area contributed by atoms with Crippen LogP contribution in [-0.2, 0) is 20.6 Å². The lowest BCUT2D eigenvalue weighted by Gasteiger charge is -2.35. The van der Waals surface area contributed by atoms with Gasteiger partial charge in [0.1, 0.15) is 21.8 Å². The molecule has 0 bridgehead atoms. The maximum absolute atomic E-state index is 13.6. The van der Waals surface area contributed by atoms with Crippen LogP contribution in [0.25, 0.3) is 26.8 Å². The average molecular weight is 846 g/mol. The molecule has 14 heteroatoms. The Morgan fingerprint density at radius 2 is 1.23 bits per heavy atom. The molecule has 1 aromatic heterocycles. The molecule has 2 heterocycles. The summed E-state index contributed by atoms with van der Waals surface area (Å²) in [6.45, 7) is 33.8. The van der Waals surface area contributed by atoms with E-state index in [0.29, 0.717) is 43.4 Å². The van der Waals surface area contributed by atoms with Gasteiger partial charge in [0.25, 0.3) is 0 Å². The van der Waals surface area contributed by atoms with Crippen molar-refractivity contribution in [2.75, 3.05) is 76.9 Å². The van der Waals surface area contributed by atoms with Gasteiger partial charge >= 0.3 is 18.3 Å². The van der Waals surface area contributed by atoms with E-state index in [2.05, 4.69) is 46.7 Å². The van der Waals surface area contributed by atoms with E-state index in [-0.39, 0.29) is 26.2 Å². The van der Waals surface area contributed by atoms with Crippen LogP contribution in [0.4, 0.5) is 20.1 Å². The van der Waals surface area contributed by atoms with Gasteiger partial charge in [-0.3, -0.25) is 4.90 Å². The van der Waals surface area contributed by atoms with E-state index in [0.717, 1.165) is 53.0 Å². The smallest absolute Gasteiger partial charge is 0.410 e. The Morgan fingerprint density at radius 3 is 1.68 bits per heavy atom. The van der Waals surface area contributed by atoms with Gasteiger partial charge in [-0.15, -0.1) is 11.3 Å². The summed E-state index contributed by atoms with van der Waals surface area (Å²) >= 11 is 1.52. The molecule has 2 aromatic carbocycles. The number of aryl methyl sites for hydroxylation is 1. The third kappa shape index (κ3) is 15.0. The van der Waals surface area contributed by atoms with Crippen LogP contribution in [0.1, 0.15) is 98.7 Å². The Labute approximate surface area is 362 Å². The average Bonchev–Trinajstić information content (AvgIpc) is 3.58. The summed E-state index contributed by atoms with van der Waals surface area (Å²) < 4.78 is 18.4. The number of benzene rings is 2. The van der Waals surface area contributed by atoms with Gasteiger partial charge in [0.2, 0.25) is 5.70 Å². The largest absolute Gasteiger partial charge is 0.444 e. The minimum absolute atomic E-state index is 0.194. The highest BCUT2D eigenvalue weighted by Crippen LogP contribution is 2.31. The Hall–Kier alpha value is -4.87. The first-order valence-corrected chi connectivity index (χ1v) is 22.0. The normalized spacial score (nSPS) is 15.5. The van der Waals surface area contributed by atoms with E-state index >= 15 is 0 Å². The van der Waals surface area contributed by atoms with Gasteiger partial charge in [0, 0.05) is 71.1 Å². The zero-order valence-corrected chi connectivity index (χ0v) is 38.6. The zero-order chi connectivity index (χ0) is 44.3. The third-order valence-corrected chi connectivity index (χ3v) is 10.8. The van der Waals surface area contributed by atoms with Crippen molar-refractivity contribution in [3.63, 3.8) is 0 Å². The van der Waals surface area contributed by atoms with Crippen LogP contribution in [0.15, 0.2) is 42.5 Å². The third-order valence-electron chi connectivity index (χ3n) is 9.71. The second-order valence-electron chi connectivity index (χ2n) is 18.0. The number of thiazole rings is 1. The fourth-order valence-electron chi connectivity index (χ4n) is 6.70. The summed E-state index contributed by atoms with van der Waals surface area (Å²) in [7, 11) is 0. The molecule has 60 heavy (non-hydrogen) atoms. The number of rotatable bonds is 9. The van der Waals surface area contributed by atoms with Crippen molar-refractivity contribution in [2.24, 2.45) is 0 Å². The van der Waals surface area contributed by atoms with Gasteiger partial charge in [-0.1, -0.05) is 18.2 Å². The van der Waals surface area contributed by atoms with Crippen LogP contribution in [0, 0.1) is 6.57 Å². The Bertz CT molecular complexity index is 1910. The number of anilines is 1. The monoisotopic (exact) mass is 845 g/mol. The molecule has 0 radical (unpaired) electrons. The topological polar surface area (TPSA) is 112 Å². The highest BCUT2D eigenvalue weighted by Gasteiger charge is 2.29. The molecular weight excluding hydrogens is 779 g/mol. The maximum Gasteiger partial charge on any atom is 0.410 e. The molecule has 3 amide bonds. The molecule has 3 aromatic rings. The molecule has 13 nitrogen and oxygen atoms in total. The molecule has 0 aliphatic carbocycles. The van der Waals surface area contributed by atoms with Gasteiger partial charge in [0.05, 0.1) is 16.8 Å². The second-order valence-corrected chi connectivity index (χ2v) is 19.1. The number of fused-ring (bicyclic) bond motifs is 1. The number of carbonyl (C=O) groups excluding carboxylic acids is 3. The Morgan fingerprint density at radius 1 is 0.750 bits per heavy atom. The molecule has 0 saturated carbocycles. The lowest BCUT2D eigenvalue weighted by molar-refractivity contribution is 0.00469. The molecule has 4 rings (SSSR count). The van der Waals surface area contributed by atoms with E-state index in [1.54, 1.807) is 14.7 Å². The first kappa shape index (κ1) is 47.8. The molecule has 0 N–H and O–H groups in total. The number of hydrogen-bond donors (Lipinski definition) is 0. The van der Waals surface area contributed by atoms with Crippen molar-refractivity contribution in [3.05, 3.63) is 70.0 Å². The number of carbonyl (C=O) groups is 3. The molecule has 1 aliphatic rings. The van der Waals surface area contributed by atoms with Gasteiger partial charge in [-0.05, 0) is 137 Å². The van der Waals surface area contributed by atoms with Gasteiger partial charge < -0.3 is 33.8 Å². The Kier molecular flexibility index (Phi) is 16.8. The molecule has 1 fully saturated rings. The zero-order valence-electron chi connectivity index (χ0n) is 37.8. The highest BCUT2D eigenvalue weighted by molar-refractivity contribution is 7.19. The standard InChI is InChI=1S/C46H67N7O6S/c1-13-50(14-2)36-22-21-35(33-38(47-12)40-48-37-19-15-16-20-39(37)60-40)34(32-36)18-17-23-49-24-26-51(41(54)57-44(3,4)5)28-30-53(43(56)59-46(9,10)11)31-29-52(27-25-49)42(55)58-45(6,7)8/h15-16,19-22,32-33H,13-14,17-18,23-31H2,1-11H3/b38-33-.